The second-order valence-electron chi connectivity index (χ2n) is 4.74. The summed E-state index contributed by atoms with van der Waals surface area (Å²) in [6, 6.07) is 8.19. The Hall–Kier alpha value is -1.06. The summed E-state index contributed by atoms with van der Waals surface area (Å²) in [5.41, 5.74) is 1.27. The second kappa shape index (κ2) is 4.31. The van der Waals surface area contributed by atoms with Gasteiger partial charge in [0.05, 0.1) is 6.61 Å². The summed E-state index contributed by atoms with van der Waals surface area (Å²) in [4.78, 5) is 0. The number of hydrogen-bond acceptors (Lipinski definition) is 3. The van der Waals surface area contributed by atoms with E-state index in [1.54, 1.807) is 7.11 Å². The zero-order valence-corrected chi connectivity index (χ0v) is 10.1. The van der Waals surface area contributed by atoms with Crippen molar-refractivity contribution in [2.75, 3.05) is 13.7 Å². The van der Waals surface area contributed by atoms with Crippen LogP contribution >= 0.6 is 0 Å². The third kappa shape index (κ3) is 1.83. The molecule has 2 unspecified atom stereocenters. The Balaban J connectivity index is 1.90. The van der Waals surface area contributed by atoms with E-state index in [2.05, 4.69) is 12.1 Å². The molecule has 17 heavy (non-hydrogen) atoms. The SMILES string of the molecule is COC1CCCOC12CCc1ccccc1O2. The van der Waals surface area contributed by atoms with Crippen molar-refractivity contribution >= 4 is 0 Å². The molecule has 3 rings (SSSR count). The molecule has 1 aromatic rings. The molecule has 2 aliphatic heterocycles. The molecule has 92 valence electrons. The van der Waals surface area contributed by atoms with Crippen molar-refractivity contribution in [3.8, 4) is 5.75 Å². The van der Waals surface area contributed by atoms with Gasteiger partial charge < -0.3 is 14.2 Å². The quantitative estimate of drug-likeness (QED) is 0.747. The monoisotopic (exact) mass is 234 g/mol. The Bertz CT molecular complexity index is 404. The number of aryl methyl sites for hydroxylation is 1. The minimum absolute atomic E-state index is 0.0459. The van der Waals surface area contributed by atoms with Crippen LogP contribution in [0.3, 0.4) is 0 Å². The molecule has 2 heterocycles. The number of hydrogen-bond donors (Lipinski definition) is 0. The molecule has 0 aromatic heterocycles. The zero-order valence-electron chi connectivity index (χ0n) is 10.1. The van der Waals surface area contributed by atoms with Gasteiger partial charge in [-0.2, -0.15) is 0 Å². The summed E-state index contributed by atoms with van der Waals surface area (Å²) in [7, 11) is 1.74. The maximum absolute atomic E-state index is 6.12. The van der Waals surface area contributed by atoms with Gasteiger partial charge in [0.2, 0.25) is 5.79 Å². The molecule has 2 atom stereocenters. The Kier molecular flexibility index (Phi) is 2.81. The van der Waals surface area contributed by atoms with E-state index in [4.69, 9.17) is 14.2 Å². The highest BCUT2D eigenvalue weighted by atomic mass is 16.7. The van der Waals surface area contributed by atoms with Crippen LogP contribution in [0.5, 0.6) is 5.75 Å². The van der Waals surface area contributed by atoms with Crippen molar-refractivity contribution in [1.29, 1.82) is 0 Å². The molecule has 3 heteroatoms. The highest BCUT2D eigenvalue weighted by molar-refractivity contribution is 5.36. The molecular formula is C14H18O3. The van der Waals surface area contributed by atoms with Crippen molar-refractivity contribution in [2.24, 2.45) is 0 Å². The van der Waals surface area contributed by atoms with Gasteiger partial charge in [-0.25, -0.2) is 0 Å². The van der Waals surface area contributed by atoms with Crippen LogP contribution in [-0.4, -0.2) is 25.6 Å². The minimum atomic E-state index is -0.554. The standard InChI is InChI=1S/C14H18O3/c1-15-13-7-4-10-16-14(13)9-8-11-5-2-3-6-12(11)17-14/h2-3,5-6,13H,4,7-10H2,1H3. The number of methoxy groups -OCH3 is 1. The van der Waals surface area contributed by atoms with Gasteiger partial charge >= 0.3 is 0 Å². The summed E-state index contributed by atoms with van der Waals surface area (Å²) in [6.07, 6.45) is 3.98. The molecule has 0 amide bonds. The predicted molar refractivity (Wildman–Crippen MR) is 64.1 cm³/mol. The third-order valence-corrected chi connectivity index (χ3v) is 3.73. The van der Waals surface area contributed by atoms with Crippen LogP contribution in [0.4, 0.5) is 0 Å². The number of rotatable bonds is 1. The molecule has 3 nitrogen and oxygen atoms in total. The van der Waals surface area contributed by atoms with Crippen LogP contribution in [0, 0.1) is 0 Å². The normalized spacial score (nSPS) is 31.9. The van der Waals surface area contributed by atoms with E-state index < -0.39 is 5.79 Å². The molecule has 1 saturated heterocycles. The van der Waals surface area contributed by atoms with Gasteiger partial charge in [0, 0.05) is 13.5 Å². The lowest BCUT2D eigenvalue weighted by atomic mass is 9.92. The highest BCUT2D eigenvalue weighted by Crippen LogP contribution is 2.39. The molecule has 0 aliphatic carbocycles. The van der Waals surface area contributed by atoms with Crippen LogP contribution in [0.25, 0.3) is 0 Å². The van der Waals surface area contributed by atoms with Crippen LogP contribution in [0.2, 0.25) is 0 Å². The fraction of sp³-hybridized carbons (Fsp3) is 0.571. The lowest BCUT2D eigenvalue weighted by molar-refractivity contribution is -0.272. The van der Waals surface area contributed by atoms with Crippen LogP contribution in [0.15, 0.2) is 24.3 Å². The van der Waals surface area contributed by atoms with Crippen molar-refractivity contribution in [2.45, 2.75) is 37.6 Å². The van der Waals surface area contributed by atoms with Crippen LogP contribution in [0.1, 0.15) is 24.8 Å². The Morgan fingerprint density at radius 2 is 2.24 bits per heavy atom. The van der Waals surface area contributed by atoms with Gasteiger partial charge in [-0.3, -0.25) is 0 Å². The van der Waals surface area contributed by atoms with Gasteiger partial charge in [-0.05, 0) is 30.9 Å². The summed E-state index contributed by atoms with van der Waals surface area (Å²) in [5, 5.41) is 0. The average molecular weight is 234 g/mol. The Labute approximate surface area is 102 Å². The first-order valence-corrected chi connectivity index (χ1v) is 6.28. The summed E-state index contributed by atoms with van der Waals surface area (Å²) in [5.74, 6) is 0.393. The number of para-hydroxylation sites is 1. The maximum Gasteiger partial charge on any atom is 0.237 e. The molecule has 1 fully saturated rings. The number of ether oxygens (including phenoxy) is 3. The lowest BCUT2D eigenvalue weighted by Gasteiger charge is -2.45. The zero-order chi connectivity index (χ0) is 11.7. The Morgan fingerprint density at radius 3 is 3.12 bits per heavy atom. The molecule has 2 aliphatic rings. The smallest absolute Gasteiger partial charge is 0.237 e. The van der Waals surface area contributed by atoms with Crippen molar-refractivity contribution in [1.82, 2.24) is 0 Å². The number of benzene rings is 1. The molecule has 0 N–H and O–H groups in total. The van der Waals surface area contributed by atoms with Gasteiger partial charge in [0.1, 0.15) is 11.9 Å². The van der Waals surface area contributed by atoms with E-state index in [0.29, 0.717) is 0 Å². The van der Waals surface area contributed by atoms with E-state index in [1.807, 2.05) is 12.1 Å². The summed E-state index contributed by atoms with van der Waals surface area (Å²) >= 11 is 0. The lowest BCUT2D eigenvalue weighted by Crippen LogP contribution is -2.55. The summed E-state index contributed by atoms with van der Waals surface area (Å²) in [6.45, 7) is 0.766. The molecular weight excluding hydrogens is 216 g/mol. The van der Waals surface area contributed by atoms with Crippen molar-refractivity contribution in [3.05, 3.63) is 29.8 Å². The van der Waals surface area contributed by atoms with Gasteiger partial charge in [0.15, 0.2) is 0 Å². The fourth-order valence-electron chi connectivity index (χ4n) is 2.81. The van der Waals surface area contributed by atoms with E-state index in [-0.39, 0.29) is 6.10 Å². The first-order chi connectivity index (χ1) is 8.34. The van der Waals surface area contributed by atoms with E-state index in [1.165, 1.54) is 5.56 Å². The predicted octanol–water partition coefficient (Wildman–Crippen LogP) is 2.53. The highest BCUT2D eigenvalue weighted by Gasteiger charge is 2.47. The average Bonchev–Trinajstić information content (AvgIpc) is 2.39. The van der Waals surface area contributed by atoms with Gasteiger partial charge in [-0.15, -0.1) is 0 Å². The molecule has 0 saturated carbocycles. The first-order valence-electron chi connectivity index (χ1n) is 6.28. The topological polar surface area (TPSA) is 27.7 Å². The number of fused-ring (bicyclic) bond motifs is 1. The molecule has 0 radical (unpaired) electrons. The van der Waals surface area contributed by atoms with Crippen LogP contribution < -0.4 is 4.74 Å². The second-order valence-corrected chi connectivity index (χ2v) is 4.74. The van der Waals surface area contributed by atoms with Gasteiger partial charge in [-0.1, -0.05) is 18.2 Å². The third-order valence-electron chi connectivity index (χ3n) is 3.73. The molecule has 0 bridgehead atoms. The molecule has 1 spiro atoms. The maximum atomic E-state index is 6.12. The van der Waals surface area contributed by atoms with Crippen molar-refractivity contribution < 1.29 is 14.2 Å². The van der Waals surface area contributed by atoms with Gasteiger partial charge in [0.25, 0.3) is 0 Å². The van der Waals surface area contributed by atoms with Crippen LogP contribution in [-0.2, 0) is 15.9 Å². The Morgan fingerprint density at radius 1 is 1.35 bits per heavy atom. The van der Waals surface area contributed by atoms with E-state index >= 15 is 0 Å². The largest absolute Gasteiger partial charge is 0.459 e. The van der Waals surface area contributed by atoms with E-state index in [9.17, 15) is 0 Å². The first kappa shape index (κ1) is 11.1. The summed E-state index contributed by atoms with van der Waals surface area (Å²) < 4.78 is 17.6. The minimum Gasteiger partial charge on any atom is -0.459 e. The fourth-order valence-corrected chi connectivity index (χ4v) is 2.81. The van der Waals surface area contributed by atoms with E-state index in [0.717, 1.165) is 38.0 Å². The molecule has 1 aromatic carbocycles. The van der Waals surface area contributed by atoms with Crippen molar-refractivity contribution in [3.63, 3.8) is 0 Å².